The highest BCUT2D eigenvalue weighted by atomic mass is 16.7. The molecule has 0 saturated heterocycles. The van der Waals surface area contributed by atoms with Crippen LogP contribution in [0.1, 0.15) is 38.8 Å². The molecule has 1 aromatic rings. The normalized spacial score (nSPS) is 11.6. The Labute approximate surface area is 108 Å². The Kier molecular flexibility index (Phi) is 4.95. The van der Waals surface area contributed by atoms with Gasteiger partial charge in [-0.3, -0.25) is 0 Å². The molecule has 1 rings (SSSR count). The van der Waals surface area contributed by atoms with E-state index in [0.29, 0.717) is 0 Å². The van der Waals surface area contributed by atoms with Gasteiger partial charge in [0.2, 0.25) is 0 Å². The fourth-order valence-electron chi connectivity index (χ4n) is 1.36. The van der Waals surface area contributed by atoms with E-state index >= 15 is 0 Å². The fraction of sp³-hybridized carbons (Fsp3) is 0.400. The Hall–Kier alpha value is -1.77. The molecule has 0 atom stereocenters. The SMILES string of the molecule is CCc1cccc(/C=C/OC(=O)OC(C)(C)C)c1. The monoisotopic (exact) mass is 248 g/mol. The Morgan fingerprint density at radius 2 is 2.06 bits per heavy atom. The van der Waals surface area contributed by atoms with E-state index in [9.17, 15) is 4.79 Å². The van der Waals surface area contributed by atoms with Gasteiger partial charge in [0.25, 0.3) is 0 Å². The van der Waals surface area contributed by atoms with Gasteiger partial charge < -0.3 is 9.47 Å². The average molecular weight is 248 g/mol. The molecule has 0 saturated carbocycles. The second kappa shape index (κ2) is 6.24. The maximum Gasteiger partial charge on any atom is 0.513 e. The molecule has 0 heterocycles. The summed E-state index contributed by atoms with van der Waals surface area (Å²) in [5, 5.41) is 0. The first-order valence-electron chi connectivity index (χ1n) is 6.06. The van der Waals surface area contributed by atoms with Crippen LogP contribution in [0.3, 0.4) is 0 Å². The molecule has 18 heavy (non-hydrogen) atoms. The van der Waals surface area contributed by atoms with Crippen LogP contribution in [0.15, 0.2) is 30.5 Å². The van der Waals surface area contributed by atoms with Crippen molar-refractivity contribution in [3.63, 3.8) is 0 Å². The Balaban J connectivity index is 2.52. The van der Waals surface area contributed by atoms with Gasteiger partial charge in [-0.15, -0.1) is 0 Å². The van der Waals surface area contributed by atoms with Gasteiger partial charge >= 0.3 is 6.16 Å². The molecule has 0 N–H and O–H groups in total. The molecule has 0 fully saturated rings. The smallest absolute Gasteiger partial charge is 0.428 e. The lowest BCUT2D eigenvalue weighted by Crippen LogP contribution is -2.23. The van der Waals surface area contributed by atoms with Crippen LogP contribution in [-0.2, 0) is 15.9 Å². The van der Waals surface area contributed by atoms with E-state index in [2.05, 4.69) is 19.1 Å². The van der Waals surface area contributed by atoms with E-state index in [1.54, 1.807) is 26.8 Å². The molecule has 0 aliphatic carbocycles. The van der Waals surface area contributed by atoms with Crippen LogP contribution in [0.2, 0.25) is 0 Å². The van der Waals surface area contributed by atoms with Gasteiger partial charge in [-0.25, -0.2) is 4.79 Å². The van der Waals surface area contributed by atoms with Crippen LogP contribution < -0.4 is 0 Å². The summed E-state index contributed by atoms with van der Waals surface area (Å²) in [5.74, 6) is 0. The molecule has 3 heteroatoms. The lowest BCUT2D eigenvalue weighted by molar-refractivity contribution is 0.0113. The van der Waals surface area contributed by atoms with Crippen molar-refractivity contribution in [1.29, 1.82) is 0 Å². The number of carbonyl (C=O) groups excluding carboxylic acids is 1. The van der Waals surface area contributed by atoms with Gasteiger partial charge in [-0.05, 0) is 44.4 Å². The molecule has 0 amide bonds. The predicted molar refractivity (Wildman–Crippen MR) is 72.2 cm³/mol. The molecular formula is C15H20O3. The lowest BCUT2D eigenvalue weighted by atomic mass is 10.1. The molecule has 0 unspecified atom stereocenters. The minimum Gasteiger partial charge on any atom is -0.428 e. The Morgan fingerprint density at radius 1 is 1.33 bits per heavy atom. The zero-order valence-corrected chi connectivity index (χ0v) is 11.4. The number of aryl methyl sites for hydroxylation is 1. The number of hydrogen-bond donors (Lipinski definition) is 0. The zero-order valence-electron chi connectivity index (χ0n) is 11.4. The molecular weight excluding hydrogens is 228 g/mol. The van der Waals surface area contributed by atoms with Gasteiger partial charge in [0.15, 0.2) is 0 Å². The Bertz CT molecular complexity index is 428. The second-order valence-electron chi connectivity index (χ2n) is 4.98. The van der Waals surface area contributed by atoms with Crippen molar-refractivity contribution in [2.75, 3.05) is 0 Å². The predicted octanol–water partition coefficient (Wildman–Crippen LogP) is 4.17. The van der Waals surface area contributed by atoms with Crippen LogP contribution in [0.4, 0.5) is 4.79 Å². The number of benzene rings is 1. The topological polar surface area (TPSA) is 35.5 Å². The standard InChI is InChI=1S/C15H20O3/c1-5-12-7-6-8-13(11-12)9-10-17-14(16)18-15(2,3)4/h6-11H,5H2,1-4H3/b10-9+. The van der Waals surface area contributed by atoms with E-state index in [4.69, 9.17) is 9.47 Å². The third-order valence-corrected chi connectivity index (χ3v) is 2.17. The number of carbonyl (C=O) groups is 1. The summed E-state index contributed by atoms with van der Waals surface area (Å²) < 4.78 is 9.86. The first-order valence-corrected chi connectivity index (χ1v) is 6.06. The van der Waals surface area contributed by atoms with Crippen LogP contribution in [-0.4, -0.2) is 11.8 Å². The highest BCUT2D eigenvalue weighted by molar-refractivity contribution is 5.62. The molecule has 0 aromatic heterocycles. The molecule has 0 bridgehead atoms. The van der Waals surface area contributed by atoms with Crippen molar-refractivity contribution in [2.24, 2.45) is 0 Å². The average Bonchev–Trinajstić information content (AvgIpc) is 2.27. The largest absolute Gasteiger partial charge is 0.513 e. The molecule has 3 nitrogen and oxygen atoms in total. The van der Waals surface area contributed by atoms with Crippen LogP contribution in [0.5, 0.6) is 0 Å². The maximum atomic E-state index is 11.3. The molecule has 98 valence electrons. The summed E-state index contributed by atoms with van der Waals surface area (Å²) in [6.45, 7) is 7.48. The number of hydrogen-bond acceptors (Lipinski definition) is 3. The first-order chi connectivity index (χ1) is 8.40. The van der Waals surface area contributed by atoms with Gasteiger partial charge in [0.1, 0.15) is 5.60 Å². The summed E-state index contributed by atoms with van der Waals surface area (Å²) in [5.41, 5.74) is 1.71. The van der Waals surface area contributed by atoms with Gasteiger partial charge in [-0.1, -0.05) is 31.2 Å². The summed E-state index contributed by atoms with van der Waals surface area (Å²) in [7, 11) is 0. The van der Waals surface area contributed by atoms with E-state index in [1.807, 2.05) is 12.1 Å². The van der Waals surface area contributed by atoms with E-state index in [-0.39, 0.29) is 0 Å². The number of rotatable bonds is 3. The van der Waals surface area contributed by atoms with Crippen molar-refractivity contribution in [1.82, 2.24) is 0 Å². The fourth-order valence-corrected chi connectivity index (χ4v) is 1.36. The van der Waals surface area contributed by atoms with Crippen LogP contribution in [0.25, 0.3) is 6.08 Å². The maximum absolute atomic E-state index is 11.3. The molecule has 0 spiro atoms. The summed E-state index contributed by atoms with van der Waals surface area (Å²) in [4.78, 5) is 11.3. The minimum absolute atomic E-state index is 0.535. The molecule has 0 aliphatic rings. The van der Waals surface area contributed by atoms with Gasteiger partial charge in [0, 0.05) is 0 Å². The van der Waals surface area contributed by atoms with Crippen molar-refractivity contribution >= 4 is 12.2 Å². The summed E-state index contributed by atoms with van der Waals surface area (Å²) >= 11 is 0. The highest BCUT2D eigenvalue weighted by Gasteiger charge is 2.16. The first kappa shape index (κ1) is 14.3. The minimum atomic E-state index is -0.689. The highest BCUT2D eigenvalue weighted by Crippen LogP contribution is 2.10. The van der Waals surface area contributed by atoms with E-state index in [0.717, 1.165) is 12.0 Å². The second-order valence-corrected chi connectivity index (χ2v) is 4.98. The zero-order chi connectivity index (χ0) is 13.6. The quantitative estimate of drug-likeness (QED) is 0.595. The summed E-state index contributed by atoms with van der Waals surface area (Å²) in [6, 6.07) is 8.04. The lowest BCUT2D eigenvalue weighted by Gasteiger charge is -2.17. The van der Waals surface area contributed by atoms with Crippen LogP contribution >= 0.6 is 0 Å². The van der Waals surface area contributed by atoms with Crippen molar-refractivity contribution < 1.29 is 14.3 Å². The molecule has 0 radical (unpaired) electrons. The third-order valence-electron chi connectivity index (χ3n) is 2.17. The number of ether oxygens (including phenoxy) is 2. The Morgan fingerprint density at radius 3 is 2.67 bits per heavy atom. The summed E-state index contributed by atoms with van der Waals surface area (Å²) in [6.07, 6.45) is 3.38. The van der Waals surface area contributed by atoms with Crippen LogP contribution in [0, 0.1) is 0 Å². The molecule has 0 aliphatic heterocycles. The van der Waals surface area contributed by atoms with Gasteiger partial charge in [-0.2, -0.15) is 0 Å². The van der Waals surface area contributed by atoms with Gasteiger partial charge in [0.05, 0.1) is 6.26 Å². The van der Waals surface area contributed by atoms with Crippen molar-refractivity contribution in [3.05, 3.63) is 41.7 Å². The van der Waals surface area contributed by atoms with E-state index < -0.39 is 11.8 Å². The third kappa shape index (κ3) is 5.53. The van der Waals surface area contributed by atoms with Crippen molar-refractivity contribution in [2.45, 2.75) is 39.7 Å². The molecule has 1 aromatic carbocycles. The van der Waals surface area contributed by atoms with Crippen molar-refractivity contribution in [3.8, 4) is 0 Å². The van der Waals surface area contributed by atoms with E-state index in [1.165, 1.54) is 11.8 Å².